The second-order valence-corrected chi connectivity index (χ2v) is 9.50. The Balaban J connectivity index is 1.26. The number of nitrogens with one attached hydrogen (secondary N) is 3. The number of hydrogen-bond donors (Lipinski definition) is 4. The van der Waals surface area contributed by atoms with E-state index in [4.69, 9.17) is 5.73 Å². The maximum atomic E-state index is 13.6. The van der Waals surface area contributed by atoms with Crippen LogP contribution in [0.5, 0.6) is 0 Å². The molecule has 2 aromatic carbocycles. The van der Waals surface area contributed by atoms with Gasteiger partial charge in [-0.15, -0.1) is 0 Å². The minimum Gasteiger partial charge on any atom is -0.348 e. The second kappa shape index (κ2) is 11.2. The fourth-order valence-corrected chi connectivity index (χ4v) is 4.66. The zero-order chi connectivity index (χ0) is 29.3. The molecule has 210 valence electrons. The van der Waals surface area contributed by atoms with Gasteiger partial charge in [0.05, 0.1) is 29.8 Å². The molecule has 2 amide bonds. The summed E-state index contributed by atoms with van der Waals surface area (Å²) in [6, 6.07) is 8.89. The third-order valence-corrected chi connectivity index (χ3v) is 6.96. The van der Waals surface area contributed by atoms with Crippen LogP contribution in [0.15, 0.2) is 53.6 Å². The van der Waals surface area contributed by atoms with E-state index in [2.05, 4.69) is 20.6 Å². The molecule has 0 aliphatic carbocycles. The average molecular weight is 560 g/mol. The molecule has 0 fully saturated rings. The first kappa shape index (κ1) is 27.5. The van der Waals surface area contributed by atoms with Gasteiger partial charge in [-0.25, -0.2) is 18.4 Å². The van der Waals surface area contributed by atoms with Crippen LogP contribution >= 0.6 is 0 Å². The normalized spacial score (nSPS) is 13.7. The van der Waals surface area contributed by atoms with Crippen molar-refractivity contribution in [2.45, 2.75) is 20.0 Å². The lowest BCUT2D eigenvalue weighted by molar-refractivity contribution is -0.110. The molecule has 5 N–H and O–H groups in total. The third-order valence-electron chi connectivity index (χ3n) is 6.96. The Bertz CT molecular complexity index is 1800. The molecular weight excluding hydrogens is 532 g/mol. The Morgan fingerprint density at radius 2 is 1.95 bits per heavy atom. The van der Waals surface area contributed by atoms with Gasteiger partial charge in [-0.3, -0.25) is 19.1 Å². The molecule has 12 heteroatoms. The number of rotatable bonds is 8. The van der Waals surface area contributed by atoms with Gasteiger partial charge >= 0.3 is 0 Å². The van der Waals surface area contributed by atoms with Gasteiger partial charge in [0.15, 0.2) is 11.6 Å². The lowest BCUT2D eigenvalue weighted by Crippen LogP contribution is -2.31. The Hall–Kier alpha value is -5.10. The summed E-state index contributed by atoms with van der Waals surface area (Å²) < 4.78 is 29.7. The number of fused-ring (bicyclic) bond motifs is 1. The van der Waals surface area contributed by atoms with Crippen LogP contribution in [0.4, 0.5) is 14.5 Å². The molecule has 0 unspecified atom stereocenters. The van der Waals surface area contributed by atoms with Crippen LogP contribution in [0.2, 0.25) is 0 Å². The lowest BCUT2D eigenvalue weighted by atomic mass is 10.0. The third kappa shape index (κ3) is 5.37. The number of benzene rings is 2. The van der Waals surface area contributed by atoms with Crippen molar-refractivity contribution in [2.75, 3.05) is 11.9 Å². The first-order valence-electron chi connectivity index (χ1n) is 12.7. The number of imidazole rings is 1. The predicted molar refractivity (Wildman–Crippen MR) is 151 cm³/mol. The number of anilines is 1. The number of carbonyl (C=O) groups is 2. The molecule has 0 atom stereocenters. The summed E-state index contributed by atoms with van der Waals surface area (Å²) in [6.07, 6.45) is 6.73. The highest BCUT2D eigenvalue weighted by Crippen LogP contribution is 2.34. The van der Waals surface area contributed by atoms with Crippen molar-refractivity contribution >= 4 is 35.2 Å². The number of nitrogens with two attached hydrogens (primary N) is 1. The molecule has 1 aliphatic heterocycles. The van der Waals surface area contributed by atoms with E-state index in [0.717, 1.165) is 29.0 Å². The van der Waals surface area contributed by atoms with Crippen LogP contribution in [-0.4, -0.2) is 37.7 Å². The van der Waals surface area contributed by atoms with Crippen molar-refractivity contribution in [1.29, 1.82) is 0 Å². The van der Waals surface area contributed by atoms with Crippen LogP contribution in [0, 0.1) is 18.6 Å². The fourth-order valence-electron chi connectivity index (χ4n) is 4.66. The zero-order valence-electron chi connectivity index (χ0n) is 22.3. The Morgan fingerprint density at radius 1 is 1.15 bits per heavy atom. The minimum absolute atomic E-state index is 0.0256. The van der Waals surface area contributed by atoms with Crippen LogP contribution in [0.1, 0.15) is 44.1 Å². The van der Waals surface area contributed by atoms with E-state index in [9.17, 15) is 23.2 Å². The van der Waals surface area contributed by atoms with E-state index in [1.54, 1.807) is 32.2 Å². The van der Waals surface area contributed by atoms with E-state index in [0.29, 0.717) is 28.2 Å². The molecule has 2 aromatic heterocycles. The minimum atomic E-state index is -1.01. The van der Waals surface area contributed by atoms with Gasteiger partial charge in [0, 0.05) is 37.1 Å². The summed E-state index contributed by atoms with van der Waals surface area (Å²) in [7, 11) is 1.62. The summed E-state index contributed by atoms with van der Waals surface area (Å²) >= 11 is 0. The number of carbonyl (C=O) groups excluding carboxylic acids is 2. The van der Waals surface area contributed by atoms with Gasteiger partial charge < -0.3 is 21.4 Å². The smallest absolute Gasteiger partial charge is 0.280 e. The Kier molecular flexibility index (Phi) is 7.49. The van der Waals surface area contributed by atoms with Crippen LogP contribution < -0.4 is 21.9 Å². The topological polar surface area (TPSA) is 140 Å². The second-order valence-electron chi connectivity index (χ2n) is 9.50. The van der Waals surface area contributed by atoms with E-state index in [-0.39, 0.29) is 31.1 Å². The van der Waals surface area contributed by atoms with Crippen molar-refractivity contribution in [3.63, 3.8) is 0 Å². The average Bonchev–Trinajstić information content (AvgIpc) is 3.59. The number of aromatic nitrogens is 4. The standard InChI is InChI=1S/C29H27F2N7O3/c1-16-26(29(41)38(37(16)2)14-18-6-8-21(30)22(31)10-18)28(40)33-9-3-4-17-5-7-19-20(27(39)36-23(19)11-17)12-24-25(13-32)35-15-34-24/h3-8,10-12,15H,9,13-14,32H2,1-2H3,(H,33,40)(H,34,35)(H,36,39)/b4-3?,20-12-. The molecule has 4 aromatic rings. The Morgan fingerprint density at radius 3 is 2.71 bits per heavy atom. The van der Waals surface area contributed by atoms with Gasteiger partial charge in [-0.1, -0.05) is 30.4 Å². The maximum Gasteiger partial charge on any atom is 0.280 e. The number of halogens is 2. The molecule has 41 heavy (non-hydrogen) atoms. The van der Waals surface area contributed by atoms with Gasteiger partial charge in [0.1, 0.15) is 5.56 Å². The van der Waals surface area contributed by atoms with Gasteiger partial charge in [0.2, 0.25) is 0 Å². The molecule has 0 radical (unpaired) electrons. The van der Waals surface area contributed by atoms with Crippen molar-refractivity contribution in [2.24, 2.45) is 12.8 Å². The molecule has 5 rings (SSSR count). The van der Waals surface area contributed by atoms with Gasteiger partial charge in [-0.2, -0.15) is 0 Å². The predicted octanol–water partition coefficient (Wildman–Crippen LogP) is 2.94. The van der Waals surface area contributed by atoms with Crippen molar-refractivity contribution in [3.05, 3.63) is 110 Å². The largest absolute Gasteiger partial charge is 0.348 e. The highest BCUT2D eigenvalue weighted by Gasteiger charge is 2.25. The number of nitrogens with zero attached hydrogens (tertiary/aromatic N) is 3. The van der Waals surface area contributed by atoms with E-state index < -0.39 is 23.1 Å². The van der Waals surface area contributed by atoms with Crippen LogP contribution in [0.3, 0.4) is 0 Å². The summed E-state index contributed by atoms with van der Waals surface area (Å²) in [5.74, 6) is -2.78. The molecule has 0 bridgehead atoms. The molecule has 1 aliphatic rings. The molecule has 10 nitrogen and oxygen atoms in total. The molecule has 3 heterocycles. The molecule has 0 saturated carbocycles. The number of H-pyrrole nitrogens is 1. The fraction of sp³-hybridized carbons (Fsp3) is 0.172. The summed E-state index contributed by atoms with van der Waals surface area (Å²) in [6.45, 7) is 2.02. The summed E-state index contributed by atoms with van der Waals surface area (Å²) in [5, 5.41) is 5.57. The molecule has 0 saturated heterocycles. The zero-order valence-corrected chi connectivity index (χ0v) is 22.3. The first-order valence-corrected chi connectivity index (χ1v) is 12.7. The summed E-state index contributed by atoms with van der Waals surface area (Å²) in [4.78, 5) is 45.6. The van der Waals surface area contributed by atoms with Crippen LogP contribution in [-0.2, 0) is 24.9 Å². The van der Waals surface area contributed by atoms with Crippen molar-refractivity contribution in [3.8, 4) is 0 Å². The monoisotopic (exact) mass is 559 g/mol. The van der Waals surface area contributed by atoms with E-state index in [1.807, 2.05) is 18.2 Å². The number of aromatic amines is 1. The van der Waals surface area contributed by atoms with Crippen LogP contribution in [0.25, 0.3) is 17.7 Å². The van der Waals surface area contributed by atoms with E-state index >= 15 is 0 Å². The van der Waals surface area contributed by atoms with Crippen molar-refractivity contribution in [1.82, 2.24) is 24.6 Å². The number of hydrogen-bond acceptors (Lipinski definition) is 5. The first-order chi connectivity index (χ1) is 19.7. The lowest BCUT2D eigenvalue weighted by Gasteiger charge is -2.08. The number of amides is 2. The van der Waals surface area contributed by atoms with Crippen molar-refractivity contribution < 1.29 is 18.4 Å². The van der Waals surface area contributed by atoms with Gasteiger partial charge in [-0.05, 0) is 42.3 Å². The highest BCUT2D eigenvalue weighted by molar-refractivity contribution is 6.34. The quantitative estimate of drug-likeness (QED) is 0.246. The molecular formula is C29H27F2N7O3. The highest BCUT2D eigenvalue weighted by atomic mass is 19.2. The SMILES string of the molecule is Cc1c(C(=O)NCC=Cc2ccc3c(c2)NC(=O)/C3=C\c2nc[nH]c2CN)c(=O)n(Cc2ccc(F)c(F)c2)n1C. The maximum absolute atomic E-state index is 13.6. The molecule has 0 spiro atoms. The van der Waals surface area contributed by atoms with Gasteiger partial charge in [0.25, 0.3) is 17.4 Å². The Labute approximate surface area is 233 Å². The van der Waals surface area contributed by atoms with E-state index in [1.165, 1.54) is 21.8 Å². The summed E-state index contributed by atoms with van der Waals surface area (Å²) in [5.41, 5.74) is 9.98.